The number of nitrogens with zero attached hydrogens (tertiary/aromatic N) is 5. The quantitative estimate of drug-likeness (QED) is 0.274. The molecule has 4 heterocycles. The maximum absolute atomic E-state index is 13.3. The number of benzene rings is 1. The number of carbonyl (C=O) groups is 2. The minimum atomic E-state index is -0.559. The molecule has 1 aliphatic rings. The Balaban J connectivity index is 1.39. The molecule has 0 spiro atoms. The van der Waals surface area contributed by atoms with Gasteiger partial charge in [-0.05, 0) is 30.9 Å². The number of aromatic amines is 1. The number of nitrogens with one attached hydrogen (secondary N) is 1. The fraction of sp³-hybridized carbons (Fsp3) is 0.185. The van der Waals surface area contributed by atoms with E-state index in [2.05, 4.69) is 24.8 Å². The zero-order valence-corrected chi connectivity index (χ0v) is 19.2. The van der Waals surface area contributed by atoms with Gasteiger partial charge in [0.2, 0.25) is 0 Å². The molecule has 0 saturated carbocycles. The van der Waals surface area contributed by atoms with E-state index in [0.717, 1.165) is 16.7 Å². The molecule has 3 aromatic heterocycles. The molecule has 0 radical (unpaired) electrons. The van der Waals surface area contributed by atoms with Gasteiger partial charge in [-0.25, -0.2) is 4.85 Å². The number of pyridine rings is 1. The van der Waals surface area contributed by atoms with Gasteiger partial charge in [-0.2, -0.15) is 0 Å². The number of ketones is 1. The molecule has 5 rings (SSSR count). The average molecular weight is 463 g/mol. The maximum Gasteiger partial charge on any atom is 0.295 e. The Kier molecular flexibility index (Phi) is 5.90. The lowest BCUT2D eigenvalue weighted by atomic mass is 9.97. The van der Waals surface area contributed by atoms with Gasteiger partial charge < -0.3 is 9.88 Å². The van der Waals surface area contributed by atoms with Gasteiger partial charge in [0.25, 0.3) is 11.7 Å². The molecule has 1 fully saturated rings. The van der Waals surface area contributed by atoms with E-state index in [1.54, 1.807) is 35.9 Å². The van der Waals surface area contributed by atoms with Crippen LogP contribution in [-0.4, -0.2) is 49.6 Å². The van der Waals surface area contributed by atoms with Gasteiger partial charge in [0, 0.05) is 43.3 Å². The third kappa shape index (κ3) is 4.08. The number of Topliss-reactive ketones (excluding diaryl/α,β-unsaturated/α-hetero) is 1. The van der Waals surface area contributed by atoms with Crippen LogP contribution < -0.4 is 0 Å². The lowest BCUT2D eigenvalue weighted by molar-refractivity contribution is -0.126. The number of rotatable bonds is 4. The molecule has 8 heteroatoms. The molecule has 1 aromatic carbocycles. The van der Waals surface area contributed by atoms with Crippen molar-refractivity contribution in [1.82, 2.24) is 24.8 Å². The van der Waals surface area contributed by atoms with Crippen LogP contribution >= 0.6 is 0 Å². The number of carbonyl (C=O) groups excluding carboxylic acids is 2. The molecular formula is C27H22N6O2. The highest BCUT2D eigenvalue weighted by atomic mass is 16.2. The van der Waals surface area contributed by atoms with Gasteiger partial charge in [0.1, 0.15) is 11.4 Å². The Bertz CT molecular complexity index is 1490. The minimum absolute atomic E-state index is 0.322. The summed E-state index contributed by atoms with van der Waals surface area (Å²) in [5.74, 6) is -1.09. The van der Waals surface area contributed by atoms with Crippen LogP contribution in [0, 0.1) is 13.5 Å². The number of H-pyrrole nitrogens is 1. The first-order valence-electron chi connectivity index (χ1n) is 11.3. The SMILES string of the molecule is [C-]#[N+]C(=C1CCN(C(=O)C(=O)c2c[nH]c3c(-c4cnccn4)ncc(C)c23)CC1)c1ccccc1. The lowest BCUT2D eigenvalue weighted by Gasteiger charge is -2.28. The van der Waals surface area contributed by atoms with Crippen LogP contribution in [0.1, 0.15) is 34.3 Å². The molecule has 4 aromatic rings. The first kappa shape index (κ1) is 22.2. The van der Waals surface area contributed by atoms with Gasteiger partial charge in [-0.1, -0.05) is 35.9 Å². The number of amides is 1. The summed E-state index contributed by atoms with van der Waals surface area (Å²) in [6.07, 6.45) is 9.15. The number of likely N-dealkylation sites (tertiary alicyclic amines) is 1. The van der Waals surface area contributed by atoms with Gasteiger partial charge in [0.05, 0.1) is 23.8 Å². The number of piperidine rings is 1. The fourth-order valence-electron chi connectivity index (χ4n) is 4.52. The number of aromatic nitrogens is 4. The second-order valence-electron chi connectivity index (χ2n) is 8.38. The number of hydrogen-bond donors (Lipinski definition) is 1. The van der Waals surface area contributed by atoms with E-state index in [1.165, 1.54) is 0 Å². The molecule has 0 atom stereocenters. The molecule has 1 amide bonds. The van der Waals surface area contributed by atoms with Crippen LogP contribution in [0.15, 0.2) is 66.9 Å². The van der Waals surface area contributed by atoms with E-state index >= 15 is 0 Å². The van der Waals surface area contributed by atoms with Crippen LogP contribution in [-0.2, 0) is 4.79 Å². The molecule has 0 unspecified atom stereocenters. The number of aryl methyl sites for hydroxylation is 1. The van der Waals surface area contributed by atoms with Crippen molar-refractivity contribution >= 4 is 28.3 Å². The second-order valence-corrected chi connectivity index (χ2v) is 8.38. The molecule has 1 aliphatic heterocycles. The van der Waals surface area contributed by atoms with E-state index in [-0.39, 0.29) is 0 Å². The van der Waals surface area contributed by atoms with Crippen molar-refractivity contribution in [3.8, 4) is 11.4 Å². The molecule has 8 nitrogen and oxygen atoms in total. The highest BCUT2D eigenvalue weighted by Gasteiger charge is 2.29. The van der Waals surface area contributed by atoms with E-state index < -0.39 is 11.7 Å². The minimum Gasteiger partial charge on any atom is -0.359 e. The molecule has 1 saturated heterocycles. The monoisotopic (exact) mass is 462 g/mol. The summed E-state index contributed by atoms with van der Waals surface area (Å²) < 4.78 is 0. The zero-order valence-electron chi connectivity index (χ0n) is 19.2. The summed E-state index contributed by atoms with van der Waals surface area (Å²) in [4.78, 5) is 47.8. The van der Waals surface area contributed by atoms with E-state index in [9.17, 15) is 9.59 Å². The fourth-order valence-corrected chi connectivity index (χ4v) is 4.52. The van der Waals surface area contributed by atoms with Crippen molar-refractivity contribution in [2.24, 2.45) is 0 Å². The van der Waals surface area contributed by atoms with E-state index in [4.69, 9.17) is 6.57 Å². The summed E-state index contributed by atoms with van der Waals surface area (Å²) in [6.45, 7) is 10.3. The topological polar surface area (TPSA) is 96.2 Å². The second kappa shape index (κ2) is 9.31. The van der Waals surface area contributed by atoms with Gasteiger partial charge in [-0.3, -0.25) is 24.5 Å². The highest BCUT2D eigenvalue weighted by molar-refractivity contribution is 6.45. The van der Waals surface area contributed by atoms with Crippen molar-refractivity contribution in [1.29, 1.82) is 0 Å². The highest BCUT2D eigenvalue weighted by Crippen LogP contribution is 2.31. The van der Waals surface area contributed by atoms with Crippen LogP contribution in [0.4, 0.5) is 0 Å². The van der Waals surface area contributed by atoms with Crippen LogP contribution in [0.3, 0.4) is 0 Å². The molecule has 35 heavy (non-hydrogen) atoms. The standard InChI is InChI=1S/C27H22N6O2/c1-17-14-31-24(21-16-29-10-11-30-21)25-22(17)20(15-32-25)26(34)27(35)33-12-8-19(9-13-33)23(28-2)18-6-4-3-5-7-18/h3-7,10-11,14-16,32H,8-9,12-13H2,1H3. The van der Waals surface area contributed by atoms with Crippen molar-refractivity contribution in [2.75, 3.05) is 13.1 Å². The predicted molar refractivity (Wildman–Crippen MR) is 132 cm³/mol. The van der Waals surface area contributed by atoms with E-state index in [0.29, 0.717) is 59.5 Å². The first-order chi connectivity index (χ1) is 17.1. The van der Waals surface area contributed by atoms with Crippen molar-refractivity contribution < 1.29 is 9.59 Å². The Morgan fingerprint density at radius 2 is 1.83 bits per heavy atom. The smallest absolute Gasteiger partial charge is 0.295 e. The summed E-state index contributed by atoms with van der Waals surface area (Å²) in [7, 11) is 0. The molecule has 0 bridgehead atoms. The summed E-state index contributed by atoms with van der Waals surface area (Å²) >= 11 is 0. The maximum atomic E-state index is 13.3. The Morgan fingerprint density at radius 3 is 2.51 bits per heavy atom. The summed E-state index contributed by atoms with van der Waals surface area (Å²) in [6, 6.07) is 9.58. The number of fused-ring (bicyclic) bond motifs is 1. The molecule has 0 aliphatic carbocycles. The summed E-state index contributed by atoms with van der Waals surface area (Å²) in [5.41, 5.74) is 5.46. The first-order valence-corrected chi connectivity index (χ1v) is 11.3. The summed E-state index contributed by atoms with van der Waals surface area (Å²) in [5, 5.41) is 0.663. The third-order valence-corrected chi connectivity index (χ3v) is 6.29. The van der Waals surface area contributed by atoms with Gasteiger partial charge in [0.15, 0.2) is 5.70 Å². The predicted octanol–water partition coefficient (Wildman–Crippen LogP) is 4.46. The average Bonchev–Trinajstić information content (AvgIpc) is 3.36. The molecule has 172 valence electrons. The zero-order chi connectivity index (χ0) is 24.4. The lowest BCUT2D eigenvalue weighted by Crippen LogP contribution is -2.40. The number of hydrogen-bond acceptors (Lipinski definition) is 5. The Labute approximate surface area is 202 Å². The Hall–Kier alpha value is -4.64. The van der Waals surface area contributed by atoms with Crippen LogP contribution in [0.2, 0.25) is 0 Å². The largest absolute Gasteiger partial charge is 0.359 e. The van der Waals surface area contributed by atoms with Crippen LogP contribution in [0.5, 0.6) is 0 Å². The van der Waals surface area contributed by atoms with E-state index in [1.807, 2.05) is 37.3 Å². The van der Waals surface area contributed by atoms with Gasteiger partial charge >= 0.3 is 0 Å². The molecular weight excluding hydrogens is 440 g/mol. The van der Waals surface area contributed by atoms with Crippen molar-refractivity contribution in [3.05, 3.63) is 95.0 Å². The van der Waals surface area contributed by atoms with Crippen molar-refractivity contribution in [3.63, 3.8) is 0 Å². The molecule has 1 N–H and O–H groups in total. The van der Waals surface area contributed by atoms with Crippen molar-refractivity contribution in [2.45, 2.75) is 19.8 Å². The third-order valence-electron chi connectivity index (χ3n) is 6.29. The Morgan fingerprint density at radius 1 is 1.06 bits per heavy atom. The normalized spacial score (nSPS) is 13.5. The van der Waals surface area contributed by atoms with Crippen LogP contribution in [0.25, 0.3) is 32.8 Å². The van der Waals surface area contributed by atoms with Gasteiger partial charge in [-0.15, -0.1) is 0 Å².